The molecule has 8 heteroatoms. The molecule has 2 aromatic heterocycles. The van der Waals surface area contributed by atoms with E-state index in [1.807, 2.05) is 0 Å². The average Bonchev–Trinajstić information content (AvgIpc) is 2.80. The minimum Gasteiger partial charge on any atom is -0.409 e. The van der Waals surface area contributed by atoms with Crippen LogP contribution in [0.2, 0.25) is 0 Å². The second-order valence-electron chi connectivity index (χ2n) is 3.27. The van der Waals surface area contributed by atoms with Crippen LogP contribution in [0.3, 0.4) is 0 Å². The van der Waals surface area contributed by atoms with Crippen molar-refractivity contribution in [1.29, 1.82) is 0 Å². The van der Waals surface area contributed by atoms with Gasteiger partial charge in [-0.2, -0.15) is 0 Å². The molecular formula is C9H10N6O2. The molecule has 3 N–H and O–H groups in total. The standard InChI is InChI=1S/C9H10N6O2/c1-14-4-2-12-8(9(14)16)15-5-3-11-7(15)6(10)13-17/h2-5,17H,1H3,(H2,10,13). The van der Waals surface area contributed by atoms with Crippen LogP contribution in [0, 0.1) is 0 Å². The van der Waals surface area contributed by atoms with Gasteiger partial charge in [-0.1, -0.05) is 5.16 Å². The van der Waals surface area contributed by atoms with Crippen LogP contribution in [0.4, 0.5) is 0 Å². The summed E-state index contributed by atoms with van der Waals surface area (Å²) < 4.78 is 2.73. The summed E-state index contributed by atoms with van der Waals surface area (Å²) in [7, 11) is 1.60. The van der Waals surface area contributed by atoms with Crippen LogP contribution in [-0.4, -0.2) is 30.1 Å². The molecule has 2 heterocycles. The molecule has 2 aromatic rings. The van der Waals surface area contributed by atoms with Gasteiger partial charge in [-0.25, -0.2) is 9.97 Å². The number of nitrogens with two attached hydrogens (primary N) is 1. The molecule has 0 saturated carbocycles. The molecule has 0 atom stereocenters. The normalized spacial score (nSPS) is 11.7. The summed E-state index contributed by atoms with van der Waals surface area (Å²) >= 11 is 0. The van der Waals surface area contributed by atoms with E-state index in [1.165, 1.54) is 33.9 Å². The van der Waals surface area contributed by atoms with Crippen molar-refractivity contribution in [2.45, 2.75) is 0 Å². The Morgan fingerprint density at radius 1 is 1.41 bits per heavy atom. The molecule has 0 fully saturated rings. The summed E-state index contributed by atoms with van der Waals surface area (Å²) in [5.41, 5.74) is 5.14. The third-order valence-corrected chi connectivity index (χ3v) is 2.20. The maximum atomic E-state index is 11.8. The zero-order valence-electron chi connectivity index (χ0n) is 8.98. The van der Waals surface area contributed by atoms with Crippen molar-refractivity contribution in [1.82, 2.24) is 19.1 Å². The predicted molar refractivity (Wildman–Crippen MR) is 59.1 cm³/mol. The maximum absolute atomic E-state index is 11.8. The molecule has 17 heavy (non-hydrogen) atoms. The van der Waals surface area contributed by atoms with Crippen LogP contribution in [0.5, 0.6) is 0 Å². The molecular weight excluding hydrogens is 224 g/mol. The Morgan fingerprint density at radius 3 is 2.82 bits per heavy atom. The predicted octanol–water partition coefficient (Wildman–Crippen LogP) is -0.939. The number of imidazole rings is 1. The molecule has 0 aromatic carbocycles. The number of hydrogen-bond donors (Lipinski definition) is 2. The summed E-state index contributed by atoms with van der Waals surface area (Å²) in [6.07, 6.45) is 5.96. The Morgan fingerprint density at radius 2 is 2.12 bits per heavy atom. The van der Waals surface area contributed by atoms with E-state index < -0.39 is 0 Å². The van der Waals surface area contributed by atoms with Gasteiger partial charge in [0.25, 0.3) is 5.56 Å². The molecule has 0 aliphatic carbocycles. The van der Waals surface area contributed by atoms with Crippen LogP contribution in [-0.2, 0) is 7.05 Å². The van der Waals surface area contributed by atoms with Crippen molar-refractivity contribution < 1.29 is 5.21 Å². The van der Waals surface area contributed by atoms with Gasteiger partial charge in [-0.3, -0.25) is 9.36 Å². The lowest BCUT2D eigenvalue weighted by atomic mass is 10.5. The fourth-order valence-electron chi connectivity index (χ4n) is 1.36. The number of oxime groups is 1. The third-order valence-electron chi connectivity index (χ3n) is 2.20. The Labute approximate surface area is 95.7 Å². The summed E-state index contributed by atoms with van der Waals surface area (Å²) in [5.74, 6) is 0.0973. The molecule has 0 radical (unpaired) electrons. The topological polar surface area (TPSA) is 111 Å². The van der Waals surface area contributed by atoms with Gasteiger partial charge in [-0.15, -0.1) is 0 Å². The van der Waals surface area contributed by atoms with Crippen LogP contribution < -0.4 is 11.3 Å². The van der Waals surface area contributed by atoms with E-state index in [-0.39, 0.29) is 23.0 Å². The Kier molecular flexibility index (Phi) is 2.61. The summed E-state index contributed by atoms with van der Waals surface area (Å²) in [5, 5.41) is 11.5. The Bertz CT molecular complexity index is 626. The lowest BCUT2D eigenvalue weighted by Gasteiger charge is -2.05. The van der Waals surface area contributed by atoms with Crippen molar-refractivity contribution in [2.75, 3.05) is 0 Å². The van der Waals surface area contributed by atoms with Crippen LogP contribution in [0.1, 0.15) is 5.82 Å². The average molecular weight is 234 g/mol. The van der Waals surface area contributed by atoms with Gasteiger partial charge >= 0.3 is 0 Å². The number of aryl methyl sites for hydroxylation is 1. The highest BCUT2D eigenvalue weighted by Gasteiger charge is 2.13. The molecule has 0 spiro atoms. The SMILES string of the molecule is Cn1ccnc(-n2ccnc2C(N)=NO)c1=O. The highest BCUT2D eigenvalue weighted by Crippen LogP contribution is 2.02. The van der Waals surface area contributed by atoms with E-state index >= 15 is 0 Å². The second-order valence-corrected chi connectivity index (χ2v) is 3.27. The Hall–Kier alpha value is -2.64. The van der Waals surface area contributed by atoms with Crippen molar-refractivity contribution >= 4 is 5.84 Å². The summed E-state index contributed by atoms with van der Waals surface area (Å²) in [6, 6.07) is 0. The molecule has 0 bridgehead atoms. The Balaban J connectivity index is 2.66. The minimum absolute atomic E-state index is 0.133. The van der Waals surface area contributed by atoms with Gasteiger partial charge < -0.3 is 15.5 Å². The van der Waals surface area contributed by atoms with E-state index in [2.05, 4.69) is 15.1 Å². The zero-order valence-corrected chi connectivity index (χ0v) is 8.98. The molecule has 0 amide bonds. The van der Waals surface area contributed by atoms with Crippen molar-refractivity contribution in [3.63, 3.8) is 0 Å². The summed E-state index contributed by atoms with van der Waals surface area (Å²) in [6.45, 7) is 0. The quantitative estimate of drug-likeness (QED) is 0.301. The fraction of sp³-hybridized carbons (Fsp3) is 0.111. The summed E-state index contributed by atoms with van der Waals surface area (Å²) in [4.78, 5) is 19.7. The first-order valence-electron chi connectivity index (χ1n) is 4.68. The van der Waals surface area contributed by atoms with Crippen molar-refractivity contribution in [2.24, 2.45) is 17.9 Å². The molecule has 0 aliphatic heterocycles. The zero-order chi connectivity index (χ0) is 12.4. The van der Waals surface area contributed by atoms with E-state index in [1.54, 1.807) is 7.05 Å². The first-order chi connectivity index (χ1) is 8.15. The van der Waals surface area contributed by atoms with Gasteiger partial charge in [0.2, 0.25) is 11.7 Å². The van der Waals surface area contributed by atoms with Crippen molar-refractivity contribution in [3.8, 4) is 5.82 Å². The number of aromatic nitrogens is 4. The van der Waals surface area contributed by atoms with E-state index in [9.17, 15) is 4.79 Å². The smallest absolute Gasteiger partial charge is 0.294 e. The van der Waals surface area contributed by atoms with Crippen LogP contribution in [0.15, 0.2) is 34.7 Å². The number of nitrogens with zero attached hydrogens (tertiary/aromatic N) is 5. The molecule has 8 nitrogen and oxygen atoms in total. The minimum atomic E-state index is -0.308. The van der Waals surface area contributed by atoms with Crippen LogP contribution >= 0.6 is 0 Å². The van der Waals surface area contributed by atoms with Gasteiger partial charge in [0.15, 0.2) is 5.82 Å². The highest BCUT2D eigenvalue weighted by atomic mass is 16.4. The second kappa shape index (κ2) is 4.08. The van der Waals surface area contributed by atoms with Crippen molar-refractivity contribution in [3.05, 3.63) is 41.0 Å². The van der Waals surface area contributed by atoms with Gasteiger partial charge in [-0.05, 0) is 0 Å². The number of rotatable bonds is 2. The lowest BCUT2D eigenvalue weighted by Crippen LogP contribution is -2.26. The van der Waals surface area contributed by atoms with Crippen LogP contribution in [0.25, 0.3) is 5.82 Å². The van der Waals surface area contributed by atoms with Gasteiger partial charge in [0, 0.05) is 31.8 Å². The molecule has 88 valence electrons. The monoisotopic (exact) mass is 234 g/mol. The number of amidine groups is 1. The molecule has 2 rings (SSSR count). The van der Waals surface area contributed by atoms with Gasteiger partial charge in [0.1, 0.15) is 0 Å². The van der Waals surface area contributed by atoms with E-state index in [4.69, 9.17) is 10.9 Å². The van der Waals surface area contributed by atoms with E-state index in [0.717, 1.165) is 0 Å². The first kappa shape index (κ1) is 10.9. The molecule has 0 saturated heterocycles. The fourth-order valence-corrected chi connectivity index (χ4v) is 1.36. The maximum Gasteiger partial charge on any atom is 0.294 e. The highest BCUT2D eigenvalue weighted by molar-refractivity contribution is 5.94. The molecule has 0 unspecified atom stereocenters. The number of hydrogen-bond acceptors (Lipinski definition) is 5. The largest absolute Gasteiger partial charge is 0.409 e. The lowest BCUT2D eigenvalue weighted by molar-refractivity contribution is 0.318. The van der Waals surface area contributed by atoms with Gasteiger partial charge in [0.05, 0.1) is 0 Å². The first-order valence-corrected chi connectivity index (χ1v) is 4.68. The molecule has 0 aliphatic rings. The van der Waals surface area contributed by atoms with E-state index in [0.29, 0.717) is 0 Å². The third kappa shape index (κ3) is 1.75.